The van der Waals surface area contributed by atoms with Crippen LogP contribution in [0.1, 0.15) is 44.9 Å². The lowest BCUT2D eigenvalue weighted by Gasteiger charge is -2.25. The first-order valence-corrected chi connectivity index (χ1v) is 13.6. The molecule has 1 aliphatic rings. The van der Waals surface area contributed by atoms with E-state index in [9.17, 15) is 9.59 Å². The summed E-state index contributed by atoms with van der Waals surface area (Å²) in [6, 6.07) is 18.4. The molecule has 194 valence electrons. The minimum atomic E-state index is -0.764. The van der Waals surface area contributed by atoms with E-state index in [4.69, 9.17) is 21.1 Å². The van der Waals surface area contributed by atoms with Crippen LogP contribution in [-0.4, -0.2) is 23.2 Å². The fraction of sp³-hybridized carbons (Fsp3) is 0.233. The number of fused-ring (bicyclic) bond motifs is 2. The Morgan fingerprint density at radius 2 is 1.87 bits per heavy atom. The predicted octanol–water partition coefficient (Wildman–Crippen LogP) is 5.39. The Morgan fingerprint density at radius 1 is 1.13 bits per heavy atom. The van der Waals surface area contributed by atoms with Gasteiger partial charge in [0.2, 0.25) is 0 Å². The molecule has 0 N–H and O–H groups in total. The Hall–Kier alpha value is -3.68. The second kappa shape index (κ2) is 10.6. The highest BCUT2D eigenvalue weighted by atomic mass is 35.5. The van der Waals surface area contributed by atoms with E-state index in [0.29, 0.717) is 36.9 Å². The van der Waals surface area contributed by atoms with E-state index in [-0.39, 0.29) is 18.3 Å². The molecule has 5 rings (SSSR count). The lowest BCUT2D eigenvalue weighted by atomic mass is 9.96. The first kappa shape index (κ1) is 25.9. The van der Waals surface area contributed by atoms with Gasteiger partial charge in [0, 0.05) is 10.6 Å². The third kappa shape index (κ3) is 4.68. The zero-order chi connectivity index (χ0) is 27.0. The Bertz CT molecular complexity index is 1770. The second-order valence-corrected chi connectivity index (χ2v) is 10.6. The molecule has 1 atom stereocenters. The summed E-state index contributed by atoms with van der Waals surface area (Å²) in [5.74, 6) is 0.171. The smallest absolute Gasteiger partial charge is 0.338 e. The van der Waals surface area contributed by atoms with Crippen molar-refractivity contribution < 1.29 is 14.3 Å². The van der Waals surface area contributed by atoms with Gasteiger partial charge in [0.05, 0.1) is 28.5 Å². The number of hydrogen-bond acceptors (Lipinski definition) is 6. The molecule has 38 heavy (non-hydrogen) atoms. The summed E-state index contributed by atoms with van der Waals surface area (Å²) < 4.78 is 13.5. The zero-order valence-corrected chi connectivity index (χ0v) is 23.1. The van der Waals surface area contributed by atoms with Gasteiger partial charge in [-0.1, -0.05) is 71.5 Å². The number of esters is 1. The number of hydrogen-bond donors (Lipinski definition) is 0. The van der Waals surface area contributed by atoms with Crippen molar-refractivity contribution in [2.24, 2.45) is 4.99 Å². The van der Waals surface area contributed by atoms with Crippen molar-refractivity contribution in [2.75, 3.05) is 6.61 Å². The fourth-order valence-corrected chi connectivity index (χ4v) is 5.96. The highest BCUT2D eigenvalue weighted by Gasteiger charge is 2.34. The van der Waals surface area contributed by atoms with E-state index in [1.54, 1.807) is 24.5 Å². The van der Waals surface area contributed by atoms with E-state index < -0.39 is 12.0 Å². The molecular formula is C30H27ClN2O4S. The average Bonchev–Trinajstić information content (AvgIpc) is 3.19. The molecule has 0 spiro atoms. The first-order chi connectivity index (χ1) is 18.3. The highest BCUT2D eigenvalue weighted by Crippen LogP contribution is 2.35. The molecule has 4 aromatic rings. The van der Waals surface area contributed by atoms with Crippen LogP contribution < -0.4 is 19.6 Å². The fourth-order valence-electron chi connectivity index (χ4n) is 4.69. The summed E-state index contributed by atoms with van der Waals surface area (Å²) in [4.78, 5) is 32.3. The second-order valence-electron chi connectivity index (χ2n) is 9.19. The van der Waals surface area contributed by atoms with Crippen molar-refractivity contribution in [3.05, 3.63) is 108 Å². The maximum Gasteiger partial charge on any atom is 0.338 e. The minimum absolute atomic E-state index is 0.0421. The molecule has 0 saturated heterocycles. The van der Waals surface area contributed by atoms with Crippen LogP contribution in [0.5, 0.6) is 5.75 Å². The van der Waals surface area contributed by atoms with Gasteiger partial charge in [-0.25, -0.2) is 9.79 Å². The Balaban J connectivity index is 1.79. The highest BCUT2D eigenvalue weighted by molar-refractivity contribution is 7.07. The summed E-state index contributed by atoms with van der Waals surface area (Å²) in [5.41, 5.74) is 1.98. The molecule has 0 fully saturated rings. The number of nitrogens with zero attached hydrogens (tertiary/aromatic N) is 2. The number of thiazole rings is 1. The Kier molecular flexibility index (Phi) is 7.23. The standard InChI is InChI=1S/C30H27ClN2O4S/c1-5-36-29(35)26-18(4)32-30-33(27(26)21-12-8-9-13-23(21)31)28(34)25(38-30)16-22-20-11-7-6-10-19(20)14-15-24(22)37-17(2)3/h6-17,27H,5H2,1-4H3. The largest absolute Gasteiger partial charge is 0.490 e. The molecule has 3 aromatic carbocycles. The monoisotopic (exact) mass is 546 g/mol. The van der Waals surface area contributed by atoms with Gasteiger partial charge >= 0.3 is 5.97 Å². The van der Waals surface area contributed by atoms with Gasteiger partial charge in [-0.3, -0.25) is 9.36 Å². The van der Waals surface area contributed by atoms with Gasteiger partial charge in [-0.05, 0) is 62.2 Å². The van der Waals surface area contributed by atoms with Crippen molar-refractivity contribution >= 4 is 45.8 Å². The number of allylic oxidation sites excluding steroid dienone is 1. The van der Waals surface area contributed by atoms with Gasteiger partial charge in [0.15, 0.2) is 4.80 Å². The van der Waals surface area contributed by atoms with Crippen LogP contribution in [0.3, 0.4) is 0 Å². The van der Waals surface area contributed by atoms with Crippen LogP contribution in [-0.2, 0) is 9.53 Å². The molecule has 0 bridgehead atoms. The van der Waals surface area contributed by atoms with E-state index in [1.807, 2.05) is 74.5 Å². The van der Waals surface area contributed by atoms with E-state index >= 15 is 0 Å². The van der Waals surface area contributed by atoms with Gasteiger partial charge in [0.25, 0.3) is 5.56 Å². The summed E-state index contributed by atoms with van der Waals surface area (Å²) in [5, 5.41) is 2.46. The molecule has 8 heteroatoms. The van der Waals surface area contributed by atoms with E-state index in [2.05, 4.69) is 4.99 Å². The van der Waals surface area contributed by atoms with Crippen LogP contribution in [0.25, 0.3) is 16.8 Å². The van der Waals surface area contributed by atoms with Crippen molar-refractivity contribution in [3.8, 4) is 5.75 Å². The van der Waals surface area contributed by atoms with E-state index in [0.717, 1.165) is 16.3 Å². The van der Waals surface area contributed by atoms with Crippen LogP contribution in [0.2, 0.25) is 5.02 Å². The normalized spacial score (nSPS) is 15.5. The summed E-state index contributed by atoms with van der Waals surface area (Å²) in [7, 11) is 0. The number of rotatable bonds is 6. The molecule has 0 aliphatic carbocycles. The van der Waals surface area contributed by atoms with Gasteiger partial charge in [-0.2, -0.15) is 0 Å². The number of ether oxygens (including phenoxy) is 2. The topological polar surface area (TPSA) is 69.9 Å². The number of carbonyl (C=O) groups excluding carboxylic acids is 1. The summed E-state index contributed by atoms with van der Waals surface area (Å²) in [6.07, 6.45) is 1.82. The van der Waals surface area contributed by atoms with Crippen LogP contribution in [0.15, 0.2) is 81.7 Å². The maximum absolute atomic E-state index is 14.0. The summed E-state index contributed by atoms with van der Waals surface area (Å²) >= 11 is 7.87. The Morgan fingerprint density at radius 3 is 2.61 bits per heavy atom. The van der Waals surface area contributed by atoms with Gasteiger partial charge < -0.3 is 9.47 Å². The molecule has 6 nitrogen and oxygen atoms in total. The quantitative estimate of drug-likeness (QED) is 0.304. The lowest BCUT2D eigenvalue weighted by Crippen LogP contribution is -2.40. The van der Waals surface area contributed by atoms with Crippen molar-refractivity contribution in [3.63, 3.8) is 0 Å². The van der Waals surface area contributed by atoms with Gasteiger partial charge in [-0.15, -0.1) is 0 Å². The first-order valence-electron chi connectivity index (χ1n) is 12.4. The Labute approximate surface area is 229 Å². The summed E-state index contributed by atoms with van der Waals surface area (Å²) in [6.45, 7) is 7.64. The molecule has 0 saturated carbocycles. The lowest BCUT2D eigenvalue weighted by molar-refractivity contribution is -0.139. The number of carbonyl (C=O) groups is 1. The molecular weight excluding hydrogens is 520 g/mol. The molecule has 1 aromatic heterocycles. The van der Waals surface area contributed by atoms with Crippen molar-refractivity contribution in [1.82, 2.24) is 4.57 Å². The van der Waals surface area contributed by atoms with Gasteiger partial charge in [0.1, 0.15) is 11.8 Å². The zero-order valence-electron chi connectivity index (χ0n) is 21.5. The molecule has 2 heterocycles. The van der Waals surface area contributed by atoms with Crippen LogP contribution in [0, 0.1) is 0 Å². The maximum atomic E-state index is 14.0. The molecule has 0 radical (unpaired) electrons. The number of halogens is 1. The van der Waals surface area contributed by atoms with Crippen LogP contribution >= 0.6 is 22.9 Å². The SMILES string of the molecule is CCOC(=O)C1=C(C)N=c2sc(=Cc3c(OC(C)C)ccc4ccccc34)c(=O)n2C1c1ccccc1Cl. The minimum Gasteiger partial charge on any atom is -0.490 e. The third-order valence-electron chi connectivity index (χ3n) is 6.29. The predicted molar refractivity (Wildman–Crippen MR) is 152 cm³/mol. The number of aromatic nitrogens is 1. The van der Waals surface area contributed by atoms with Crippen molar-refractivity contribution in [1.29, 1.82) is 0 Å². The molecule has 1 aliphatic heterocycles. The average molecular weight is 547 g/mol. The van der Waals surface area contributed by atoms with Crippen LogP contribution in [0.4, 0.5) is 0 Å². The third-order valence-corrected chi connectivity index (χ3v) is 7.61. The number of benzene rings is 3. The van der Waals surface area contributed by atoms with Crippen molar-refractivity contribution in [2.45, 2.75) is 39.8 Å². The van der Waals surface area contributed by atoms with E-state index in [1.165, 1.54) is 11.3 Å². The molecule has 0 amide bonds. The molecule has 1 unspecified atom stereocenters.